The molecule has 0 spiro atoms. The average Bonchev–Trinajstić information content (AvgIpc) is 3.73. The van der Waals surface area contributed by atoms with E-state index in [0.717, 1.165) is 82.7 Å². The van der Waals surface area contributed by atoms with Gasteiger partial charge >= 0.3 is 0 Å². The largest absolute Gasteiger partial charge is 0.456 e. The molecule has 0 fully saturated rings. The molecule has 0 saturated carbocycles. The van der Waals surface area contributed by atoms with Crippen molar-refractivity contribution in [3.8, 4) is 33.9 Å². The number of rotatable bonds is 3. The number of anilines is 3. The Morgan fingerprint density at radius 2 is 1.06 bits per heavy atom. The van der Waals surface area contributed by atoms with E-state index in [4.69, 9.17) is 23.8 Å². The van der Waals surface area contributed by atoms with Crippen LogP contribution in [0.2, 0.25) is 0 Å². The monoisotopic (exact) mass is 628 g/mol. The van der Waals surface area contributed by atoms with E-state index in [1.165, 1.54) is 5.56 Å². The van der Waals surface area contributed by atoms with E-state index in [1.807, 2.05) is 60.7 Å². The molecular formula is C43H24N4O2. The Labute approximate surface area is 279 Å². The van der Waals surface area contributed by atoms with Gasteiger partial charge in [-0.25, -0.2) is 4.98 Å². The highest BCUT2D eigenvalue weighted by molar-refractivity contribution is 6.14. The average molecular weight is 629 g/mol. The van der Waals surface area contributed by atoms with Gasteiger partial charge in [0.15, 0.2) is 11.6 Å². The van der Waals surface area contributed by atoms with E-state index >= 15 is 0 Å². The normalized spacial score (nSPS) is 12.4. The Kier molecular flexibility index (Phi) is 5.29. The lowest BCUT2D eigenvalue weighted by atomic mass is 9.91. The standard InChI is InChI=1S/C43H24N4O2/c1-4-18-34-27(12-1)30-15-7-10-25-11-8-19-35(39(25)30)47(34)43-45-41(26-22-23-38-33(24-26)29-14-3-5-20-36(29)48-38)44-42(46-43)32-17-9-16-31-28-13-2-6-21-37(28)49-40(31)32/h1-24H. The van der Waals surface area contributed by atoms with Crippen molar-refractivity contribution in [2.24, 2.45) is 0 Å². The summed E-state index contributed by atoms with van der Waals surface area (Å²) in [6.45, 7) is 0. The molecule has 6 nitrogen and oxygen atoms in total. The van der Waals surface area contributed by atoms with Crippen LogP contribution in [0.4, 0.5) is 17.3 Å². The number of furan rings is 2. The summed E-state index contributed by atoms with van der Waals surface area (Å²) in [5.74, 6) is 1.62. The molecule has 0 N–H and O–H groups in total. The van der Waals surface area contributed by atoms with Crippen LogP contribution in [0.15, 0.2) is 154 Å². The Hall–Kier alpha value is -6.79. The van der Waals surface area contributed by atoms with E-state index in [9.17, 15) is 0 Å². The minimum Gasteiger partial charge on any atom is -0.456 e. The third-order valence-electron chi connectivity index (χ3n) is 9.66. The van der Waals surface area contributed by atoms with Crippen LogP contribution in [0.5, 0.6) is 0 Å². The van der Waals surface area contributed by atoms with Crippen molar-refractivity contribution in [1.82, 2.24) is 15.0 Å². The van der Waals surface area contributed by atoms with Gasteiger partial charge in [-0.3, -0.25) is 4.90 Å². The fourth-order valence-corrected chi connectivity index (χ4v) is 7.48. The lowest BCUT2D eigenvalue weighted by molar-refractivity contribution is 0.669. The van der Waals surface area contributed by atoms with Crippen molar-refractivity contribution < 1.29 is 8.83 Å². The molecule has 0 aliphatic carbocycles. The summed E-state index contributed by atoms with van der Waals surface area (Å²) in [5, 5.41) is 6.46. The first-order chi connectivity index (χ1) is 24.3. The summed E-state index contributed by atoms with van der Waals surface area (Å²) in [7, 11) is 0. The minimum absolute atomic E-state index is 0.528. The fourth-order valence-electron chi connectivity index (χ4n) is 7.48. The van der Waals surface area contributed by atoms with Crippen LogP contribution in [0, 0.1) is 0 Å². The zero-order valence-electron chi connectivity index (χ0n) is 26.0. The zero-order chi connectivity index (χ0) is 32.1. The Bertz CT molecular complexity index is 2970. The van der Waals surface area contributed by atoms with Gasteiger partial charge < -0.3 is 8.83 Å². The van der Waals surface area contributed by atoms with Gasteiger partial charge in [0.2, 0.25) is 5.95 Å². The molecule has 4 heterocycles. The molecule has 0 amide bonds. The molecule has 0 bridgehead atoms. The van der Waals surface area contributed by atoms with Gasteiger partial charge in [-0.1, -0.05) is 97.1 Å². The molecule has 3 aromatic heterocycles. The van der Waals surface area contributed by atoms with Gasteiger partial charge in [0.05, 0.1) is 16.9 Å². The zero-order valence-corrected chi connectivity index (χ0v) is 26.0. The molecule has 1 aliphatic heterocycles. The van der Waals surface area contributed by atoms with Gasteiger partial charge in [0.25, 0.3) is 0 Å². The molecule has 0 radical (unpaired) electrons. The number of aromatic nitrogens is 3. The van der Waals surface area contributed by atoms with Crippen LogP contribution in [0.1, 0.15) is 0 Å². The Morgan fingerprint density at radius 3 is 1.96 bits per heavy atom. The van der Waals surface area contributed by atoms with Crippen molar-refractivity contribution >= 4 is 72.0 Å². The molecule has 11 rings (SSSR count). The first kappa shape index (κ1) is 26.3. The summed E-state index contributed by atoms with van der Waals surface area (Å²) < 4.78 is 12.7. The van der Waals surface area contributed by atoms with Gasteiger partial charge in [-0.05, 0) is 59.5 Å². The van der Waals surface area contributed by atoms with Crippen LogP contribution in [-0.2, 0) is 0 Å². The van der Waals surface area contributed by atoms with Crippen LogP contribution < -0.4 is 4.90 Å². The predicted octanol–water partition coefficient (Wildman–Crippen LogP) is 11.6. The Balaban J connectivity index is 1.21. The molecule has 0 unspecified atom stereocenters. The third-order valence-corrected chi connectivity index (χ3v) is 9.66. The van der Waals surface area contributed by atoms with Crippen LogP contribution in [-0.4, -0.2) is 15.0 Å². The van der Waals surface area contributed by atoms with Crippen molar-refractivity contribution in [3.05, 3.63) is 146 Å². The van der Waals surface area contributed by atoms with E-state index in [-0.39, 0.29) is 0 Å². The minimum atomic E-state index is 0.528. The van der Waals surface area contributed by atoms with Crippen molar-refractivity contribution in [2.75, 3.05) is 4.90 Å². The number of hydrogen-bond donors (Lipinski definition) is 0. The molecule has 49 heavy (non-hydrogen) atoms. The fraction of sp³-hybridized carbons (Fsp3) is 0. The summed E-state index contributed by atoms with van der Waals surface area (Å²) >= 11 is 0. The number of para-hydroxylation sites is 4. The summed E-state index contributed by atoms with van der Waals surface area (Å²) in [6, 6.07) is 49.8. The lowest BCUT2D eigenvalue weighted by Gasteiger charge is -2.32. The number of benzene rings is 7. The quantitative estimate of drug-likeness (QED) is 0.194. The maximum absolute atomic E-state index is 6.49. The van der Waals surface area contributed by atoms with Crippen molar-refractivity contribution in [2.45, 2.75) is 0 Å². The molecule has 228 valence electrons. The van der Waals surface area contributed by atoms with E-state index in [0.29, 0.717) is 17.6 Å². The van der Waals surface area contributed by atoms with Gasteiger partial charge in [-0.15, -0.1) is 0 Å². The first-order valence-electron chi connectivity index (χ1n) is 16.3. The molecule has 10 aromatic rings. The second-order valence-corrected chi connectivity index (χ2v) is 12.4. The molecule has 0 saturated heterocycles. The summed E-state index contributed by atoms with van der Waals surface area (Å²) in [4.78, 5) is 17.8. The molecule has 0 atom stereocenters. The highest BCUT2D eigenvalue weighted by Crippen LogP contribution is 2.50. The molecule has 7 aromatic carbocycles. The smallest absolute Gasteiger partial charge is 0.238 e. The number of hydrogen-bond acceptors (Lipinski definition) is 6. The summed E-state index contributed by atoms with van der Waals surface area (Å²) in [6.07, 6.45) is 0. The highest BCUT2D eigenvalue weighted by Gasteiger charge is 2.29. The second kappa shape index (κ2) is 9.86. The van der Waals surface area contributed by atoms with E-state index in [2.05, 4.69) is 89.8 Å². The molecule has 6 heteroatoms. The first-order valence-corrected chi connectivity index (χ1v) is 16.3. The number of fused-ring (bicyclic) bond motifs is 8. The van der Waals surface area contributed by atoms with Crippen LogP contribution in [0.3, 0.4) is 0 Å². The highest BCUT2D eigenvalue weighted by atomic mass is 16.3. The summed E-state index contributed by atoms with van der Waals surface area (Å²) in [5.41, 5.74) is 9.25. The maximum Gasteiger partial charge on any atom is 0.238 e. The second-order valence-electron chi connectivity index (χ2n) is 12.4. The Morgan fingerprint density at radius 1 is 0.429 bits per heavy atom. The lowest BCUT2D eigenvalue weighted by Crippen LogP contribution is -2.18. The van der Waals surface area contributed by atoms with Crippen LogP contribution in [0.25, 0.3) is 88.6 Å². The SMILES string of the molecule is c1ccc2c(c1)-c1cccc3cccc(c13)N2c1nc(-c2ccc3oc4ccccc4c3c2)nc(-c2cccc3c2oc2ccccc23)n1. The molecular weight excluding hydrogens is 604 g/mol. The van der Waals surface area contributed by atoms with E-state index in [1.54, 1.807) is 0 Å². The predicted molar refractivity (Wildman–Crippen MR) is 196 cm³/mol. The van der Waals surface area contributed by atoms with E-state index < -0.39 is 0 Å². The maximum atomic E-state index is 6.49. The van der Waals surface area contributed by atoms with Crippen LogP contribution >= 0.6 is 0 Å². The third kappa shape index (κ3) is 3.79. The topological polar surface area (TPSA) is 68.2 Å². The number of nitrogens with zero attached hydrogens (tertiary/aromatic N) is 4. The van der Waals surface area contributed by atoms with Gasteiger partial charge in [-0.2, -0.15) is 9.97 Å². The molecule has 1 aliphatic rings. The van der Waals surface area contributed by atoms with Crippen molar-refractivity contribution in [1.29, 1.82) is 0 Å². The van der Waals surface area contributed by atoms with Crippen molar-refractivity contribution in [3.63, 3.8) is 0 Å². The van der Waals surface area contributed by atoms with Gasteiger partial charge in [0.1, 0.15) is 22.3 Å². The van der Waals surface area contributed by atoms with Gasteiger partial charge in [0, 0.05) is 38.1 Å².